The number of aryl methyl sites for hydroxylation is 1. The lowest BCUT2D eigenvalue weighted by molar-refractivity contribution is 0.180. The predicted octanol–water partition coefficient (Wildman–Crippen LogP) is 2.59. The summed E-state index contributed by atoms with van der Waals surface area (Å²) >= 11 is 0. The maximum absolute atomic E-state index is 9.72. The molecule has 1 N–H and O–H groups in total. The highest BCUT2D eigenvalue weighted by Gasteiger charge is 2.22. The molecule has 2 rings (SSSR count). The Morgan fingerprint density at radius 1 is 1.23 bits per heavy atom. The number of benzene rings is 1. The van der Waals surface area contributed by atoms with Gasteiger partial charge in [-0.05, 0) is 61.4 Å². The first-order valence-corrected chi connectivity index (χ1v) is 4.89. The van der Waals surface area contributed by atoms with Gasteiger partial charge in [-0.2, -0.15) is 0 Å². The minimum atomic E-state index is -0.215. The second-order valence-corrected chi connectivity index (χ2v) is 4.07. The molecule has 1 aromatic rings. The number of hydrogen-bond acceptors (Lipinski definition) is 1. The number of fused-ring (bicyclic) bond motifs is 1. The zero-order valence-corrected chi connectivity index (χ0v) is 8.52. The summed E-state index contributed by atoms with van der Waals surface area (Å²) in [6.07, 6.45) is 1.73. The van der Waals surface area contributed by atoms with Gasteiger partial charge < -0.3 is 5.11 Å². The van der Waals surface area contributed by atoms with E-state index < -0.39 is 0 Å². The summed E-state index contributed by atoms with van der Waals surface area (Å²) in [5.41, 5.74) is 6.62. The van der Waals surface area contributed by atoms with Crippen molar-refractivity contribution >= 4 is 0 Å². The molecule has 1 aliphatic rings. The highest BCUT2D eigenvalue weighted by atomic mass is 16.3. The van der Waals surface area contributed by atoms with Gasteiger partial charge in [0.25, 0.3) is 0 Å². The van der Waals surface area contributed by atoms with E-state index in [4.69, 9.17) is 0 Å². The first kappa shape index (κ1) is 8.76. The lowest BCUT2D eigenvalue weighted by atomic mass is 9.95. The zero-order chi connectivity index (χ0) is 9.59. The third kappa shape index (κ3) is 1.19. The fourth-order valence-electron chi connectivity index (χ4n) is 2.23. The summed E-state index contributed by atoms with van der Waals surface area (Å²) in [5, 5.41) is 9.72. The van der Waals surface area contributed by atoms with Crippen LogP contribution in [-0.2, 0) is 6.42 Å². The maximum Gasteiger partial charge on any atom is 0.0796 e. The smallest absolute Gasteiger partial charge is 0.0796 e. The molecule has 13 heavy (non-hydrogen) atoms. The van der Waals surface area contributed by atoms with E-state index in [9.17, 15) is 5.11 Å². The number of hydrogen-bond donors (Lipinski definition) is 1. The Kier molecular flexibility index (Phi) is 1.92. The second-order valence-electron chi connectivity index (χ2n) is 4.07. The van der Waals surface area contributed by atoms with E-state index in [-0.39, 0.29) is 6.10 Å². The number of aliphatic hydroxyl groups excluding tert-OH is 1. The average Bonchev–Trinajstić information content (AvgIpc) is 2.45. The molecule has 1 atom stereocenters. The first-order valence-electron chi connectivity index (χ1n) is 4.89. The molecule has 0 aromatic heterocycles. The molecule has 0 spiro atoms. The Labute approximate surface area is 79.4 Å². The molecule has 1 aliphatic carbocycles. The minimum Gasteiger partial charge on any atom is -0.388 e. The first-order chi connectivity index (χ1) is 6.11. The van der Waals surface area contributed by atoms with Gasteiger partial charge in [0.2, 0.25) is 0 Å². The molecule has 0 bridgehead atoms. The fourth-order valence-corrected chi connectivity index (χ4v) is 2.23. The van der Waals surface area contributed by atoms with Gasteiger partial charge in [-0.1, -0.05) is 6.07 Å². The molecule has 0 saturated heterocycles. The highest BCUT2D eigenvalue weighted by Crippen LogP contribution is 2.35. The summed E-state index contributed by atoms with van der Waals surface area (Å²) in [6, 6.07) is 2.15. The van der Waals surface area contributed by atoms with Crippen LogP contribution in [0.4, 0.5) is 0 Å². The molecule has 1 unspecified atom stereocenters. The van der Waals surface area contributed by atoms with Crippen LogP contribution in [0, 0.1) is 20.8 Å². The van der Waals surface area contributed by atoms with Crippen molar-refractivity contribution in [1.29, 1.82) is 0 Å². The summed E-state index contributed by atoms with van der Waals surface area (Å²) in [5.74, 6) is 0. The molecule has 0 amide bonds. The van der Waals surface area contributed by atoms with Gasteiger partial charge in [-0.3, -0.25) is 0 Å². The Bertz CT molecular complexity index is 353. The van der Waals surface area contributed by atoms with Crippen LogP contribution in [0.2, 0.25) is 0 Å². The van der Waals surface area contributed by atoms with Gasteiger partial charge >= 0.3 is 0 Å². The van der Waals surface area contributed by atoms with E-state index in [0.29, 0.717) is 0 Å². The summed E-state index contributed by atoms with van der Waals surface area (Å²) in [7, 11) is 0. The summed E-state index contributed by atoms with van der Waals surface area (Å²) < 4.78 is 0. The Morgan fingerprint density at radius 3 is 2.62 bits per heavy atom. The molecule has 0 radical (unpaired) electrons. The van der Waals surface area contributed by atoms with Crippen LogP contribution in [0.3, 0.4) is 0 Å². The molecular formula is C12H16O. The molecule has 70 valence electrons. The second kappa shape index (κ2) is 2.85. The van der Waals surface area contributed by atoms with E-state index in [0.717, 1.165) is 12.8 Å². The van der Waals surface area contributed by atoms with Gasteiger partial charge in [-0.15, -0.1) is 0 Å². The van der Waals surface area contributed by atoms with Crippen molar-refractivity contribution in [3.63, 3.8) is 0 Å². The molecule has 0 saturated carbocycles. The lowest BCUT2D eigenvalue weighted by Gasteiger charge is -2.12. The van der Waals surface area contributed by atoms with Crippen molar-refractivity contribution < 1.29 is 5.11 Å². The normalized spacial score (nSPS) is 20.5. The largest absolute Gasteiger partial charge is 0.388 e. The lowest BCUT2D eigenvalue weighted by Crippen LogP contribution is -1.96. The quantitative estimate of drug-likeness (QED) is 0.644. The van der Waals surface area contributed by atoms with E-state index in [1.165, 1.54) is 27.8 Å². The van der Waals surface area contributed by atoms with Crippen LogP contribution in [0.1, 0.15) is 40.3 Å². The van der Waals surface area contributed by atoms with Crippen LogP contribution in [0.5, 0.6) is 0 Å². The molecular weight excluding hydrogens is 160 g/mol. The molecule has 0 heterocycles. The molecule has 0 fully saturated rings. The van der Waals surface area contributed by atoms with Gasteiger partial charge in [0.15, 0.2) is 0 Å². The minimum absolute atomic E-state index is 0.215. The fraction of sp³-hybridized carbons (Fsp3) is 0.500. The van der Waals surface area contributed by atoms with E-state index in [2.05, 4.69) is 26.8 Å². The van der Waals surface area contributed by atoms with Crippen LogP contribution < -0.4 is 0 Å². The van der Waals surface area contributed by atoms with Crippen molar-refractivity contribution in [2.24, 2.45) is 0 Å². The van der Waals surface area contributed by atoms with Crippen molar-refractivity contribution in [2.75, 3.05) is 0 Å². The van der Waals surface area contributed by atoms with Gasteiger partial charge in [-0.25, -0.2) is 0 Å². The van der Waals surface area contributed by atoms with Crippen LogP contribution in [0.25, 0.3) is 0 Å². The van der Waals surface area contributed by atoms with E-state index in [1.807, 2.05) is 0 Å². The van der Waals surface area contributed by atoms with Crippen LogP contribution in [0.15, 0.2) is 6.07 Å². The summed E-state index contributed by atoms with van der Waals surface area (Å²) in [6.45, 7) is 6.45. The van der Waals surface area contributed by atoms with E-state index >= 15 is 0 Å². The standard InChI is InChI=1S/C12H16O/c1-7-6-11-10(4-5-12(11)13)9(3)8(7)2/h6,12-13H,4-5H2,1-3H3. The third-order valence-corrected chi connectivity index (χ3v) is 3.35. The van der Waals surface area contributed by atoms with Crippen molar-refractivity contribution in [3.8, 4) is 0 Å². The number of rotatable bonds is 0. The summed E-state index contributed by atoms with van der Waals surface area (Å²) in [4.78, 5) is 0. The topological polar surface area (TPSA) is 20.2 Å². The van der Waals surface area contributed by atoms with Crippen molar-refractivity contribution in [1.82, 2.24) is 0 Å². The Morgan fingerprint density at radius 2 is 1.92 bits per heavy atom. The van der Waals surface area contributed by atoms with Gasteiger partial charge in [0.1, 0.15) is 0 Å². The maximum atomic E-state index is 9.72. The van der Waals surface area contributed by atoms with Crippen LogP contribution in [-0.4, -0.2) is 5.11 Å². The highest BCUT2D eigenvalue weighted by molar-refractivity contribution is 5.47. The average molecular weight is 176 g/mol. The van der Waals surface area contributed by atoms with E-state index in [1.54, 1.807) is 0 Å². The Hall–Kier alpha value is -0.820. The zero-order valence-electron chi connectivity index (χ0n) is 8.52. The molecule has 0 aliphatic heterocycles. The number of aliphatic hydroxyl groups is 1. The van der Waals surface area contributed by atoms with Crippen molar-refractivity contribution in [3.05, 3.63) is 33.9 Å². The van der Waals surface area contributed by atoms with Gasteiger partial charge in [0.05, 0.1) is 6.10 Å². The molecule has 1 heteroatoms. The predicted molar refractivity (Wildman–Crippen MR) is 53.9 cm³/mol. The van der Waals surface area contributed by atoms with Gasteiger partial charge in [0, 0.05) is 0 Å². The molecule has 1 nitrogen and oxygen atoms in total. The molecule has 1 aromatic carbocycles. The Balaban J connectivity index is 2.67. The van der Waals surface area contributed by atoms with Crippen LogP contribution >= 0.6 is 0 Å². The van der Waals surface area contributed by atoms with Crippen molar-refractivity contribution in [2.45, 2.75) is 39.7 Å². The monoisotopic (exact) mass is 176 g/mol. The SMILES string of the molecule is Cc1cc2c(c(C)c1C)CCC2O. The third-order valence-electron chi connectivity index (χ3n) is 3.35.